The molecule has 2 aromatic rings. The summed E-state index contributed by atoms with van der Waals surface area (Å²) in [6.07, 6.45) is 1.38. The zero-order valence-electron chi connectivity index (χ0n) is 17.1. The van der Waals surface area contributed by atoms with Crippen LogP contribution in [0.1, 0.15) is 33.6 Å². The molecule has 0 atom stereocenters. The van der Waals surface area contributed by atoms with Crippen molar-refractivity contribution in [2.45, 2.75) is 12.8 Å². The minimum atomic E-state index is -0.0129. The number of amides is 1. The molecule has 6 nitrogen and oxygen atoms in total. The summed E-state index contributed by atoms with van der Waals surface area (Å²) in [5.41, 5.74) is 1.35. The fourth-order valence-corrected chi connectivity index (χ4v) is 3.52. The molecule has 0 aliphatic carbocycles. The smallest absolute Gasteiger partial charge is 0.254 e. The summed E-state index contributed by atoms with van der Waals surface area (Å²) >= 11 is 0. The number of carbonyl (C=O) groups is 2. The van der Waals surface area contributed by atoms with E-state index < -0.39 is 0 Å². The molecule has 1 heterocycles. The van der Waals surface area contributed by atoms with Crippen molar-refractivity contribution < 1.29 is 19.1 Å². The van der Waals surface area contributed by atoms with Gasteiger partial charge >= 0.3 is 0 Å². The van der Waals surface area contributed by atoms with Crippen molar-refractivity contribution in [1.29, 1.82) is 0 Å². The number of hydrogen-bond donors (Lipinski definition) is 0. The monoisotopic (exact) mass is 396 g/mol. The molecule has 1 aliphatic heterocycles. The van der Waals surface area contributed by atoms with E-state index in [1.165, 1.54) is 0 Å². The molecule has 1 fully saturated rings. The molecule has 2 aromatic carbocycles. The molecule has 0 unspecified atom stereocenters. The normalized spacial score (nSPS) is 14.5. The van der Waals surface area contributed by atoms with Gasteiger partial charge in [-0.25, -0.2) is 0 Å². The Morgan fingerprint density at radius 3 is 2.07 bits per heavy atom. The summed E-state index contributed by atoms with van der Waals surface area (Å²) in [5.74, 6) is 1.39. The van der Waals surface area contributed by atoms with Gasteiger partial charge in [0, 0.05) is 49.8 Å². The van der Waals surface area contributed by atoms with Gasteiger partial charge in [0.15, 0.2) is 5.78 Å². The summed E-state index contributed by atoms with van der Waals surface area (Å²) < 4.78 is 10.5. The predicted molar refractivity (Wildman–Crippen MR) is 112 cm³/mol. The van der Waals surface area contributed by atoms with Crippen molar-refractivity contribution in [2.75, 3.05) is 46.9 Å². The lowest BCUT2D eigenvalue weighted by atomic mass is 10.1. The van der Waals surface area contributed by atoms with Crippen molar-refractivity contribution in [3.63, 3.8) is 0 Å². The van der Waals surface area contributed by atoms with Crippen LogP contribution in [0.4, 0.5) is 0 Å². The number of ether oxygens (including phenoxy) is 2. The highest BCUT2D eigenvalue weighted by molar-refractivity contribution is 5.96. The molecule has 0 N–H and O–H groups in total. The quantitative estimate of drug-likeness (QED) is 0.642. The molecule has 3 rings (SSSR count). The number of carbonyl (C=O) groups excluding carboxylic acids is 2. The molecule has 1 saturated heterocycles. The highest BCUT2D eigenvalue weighted by Gasteiger charge is 2.23. The molecule has 1 aliphatic rings. The third-order valence-electron chi connectivity index (χ3n) is 5.23. The first-order valence-electron chi connectivity index (χ1n) is 9.93. The van der Waals surface area contributed by atoms with E-state index >= 15 is 0 Å². The number of nitrogens with zero attached hydrogens (tertiary/aromatic N) is 2. The van der Waals surface area contributed by atoms with Gasteiger partial charge in [-0.2, -0.15) is 0 Å². The van der Waals surface area contributed by atoms with E-state index in [0.717, 1.165) is 31.6 Å². The van der Waals surface area contributed by atoms with Crippen LogP contribution in [0.5, 0.6) is 11.5 Å². The predicted octanol–water partition coefficient (Wildman–Crippen LogP) is 3.12. The van der Waals surface area contributed by atoms with Gasteiger partial charge in [0.05, 0.1) is 14.2 Å². The van der Waals surface area contributed by atoms with Gasteiger partial charge in [-0.15, -0.1) is 0 Å². The van der Waals surface area contributed by atoms with E-state index in [2.05, 4.69) is 4.90 Å². The SMILES string of the molecule is COc1cc(OC)cc(C(=O)N2CCN(CCCC(=O)c3ccccc3)CC2)c1. The maximum absolute atomic E-state index is 12.9. The molecule has 154 valence electrons. The Kier molecular flexibility index (Phi) is 7.25. The number of hydrogen-bond acceptors (Lipinski definition) is 5. The molecule has 0 radical (unpaired) electrons. The molecular weight excluding hydrogens is 368 g/mol. The minimum absolute atomic E-state index is 0.0129. The Morgan fingerprint density at radius 1 is 0.862 bits per heavy atom. The Balaban J connectivity index is 1.46. The first kappa shape index (κ1) is 20.9. The molecule has 0 aromatic heterocycles. The standard InChI is InChI=1S/C23H28N2O4/c1-28-20-15-19(16-21(17-20)29-2)23(27)25-13-11-24(12-14-25)10-6-9-22(26)18-7-4-3-5-8-18/h3-5,7-8,15-17H,6,9-14H2,1-2H3. The lowest BCUT2D eigenvalue weighted by molar-refractivity contribution is 0.0634. The highest BCUT2D eigenvalue weighted by atomic mass is 16.5. The second kappa shape index (κ2) is 10.1. The summed E-state index contributed by atoms with van der Waals surface area (Å²) in [4.78, 5) is 29.2. The van der Waals surface area contributed by atoms with E-state index in [1.807, 2.05) is 35.2 Å². The van der Waals surface area contributed by atoms with Crippen molar-refractivity contribution in [3.8, 4) is 11.5 Å². The molecule has 29 heavy (non-hydrogen) atoms. The van der Waals surface area contributed by atoms with Crippen LogP contribution in [0.25, 0.3) is 0 Å². The second-order valence-corrected chi connectivity index (χ2v) is 7.13. The van der Waals surface area contributed by atoms with Gasteiger partial charge in [0.25, 0.3) is 5.91 Å². The Labute approximate surface area is 172 Å². The van der Waals surface area contributed by atoms with Crippen LogP contribution in [0.3, 0.4) is 0 Å². The van der Waals surface area contributed by atoms with Gasteiger partial charge in [0.1, 0.15) is 11.5 Å². The molecule has 6 heteroatoms. The van der Waals surface area contributed by atoms with Gasteiger partial charge < -0.3 is 14.4 Å². The van der Waals surface area contributed by atoms with Crippen LogP contribution in [-0.4, -0.2) is 68.4 Å². The van der Waals surface area contributed by atoms with E-state index in [9.17, 15) is 9.59 Å². The lowest BCUT2D eigenvalue weighted by Crippen LogP contribution is -2.48. The van der Waals surface area contributed by atoms with E-state index in [-0.39, 0.29) is 11.7 Å². The van der Waals surface area contributed by atoms with Gasteiger partial charge in [-0.05, 0) is 25.1 Å². The second-order valence-electron chi connectivity index (χ2n) is 7.13. The van der Waals surface area contributed by atoms with Crippen molar-refractivity contribution in [3.05, 3.63) is 59.7 Å². The van der Waals surface area contributed by atoms with Crippen molar-refractivity contribution in [1.82, 2.24) is 9.80 Å². The van der Waals surface area contributed by atoms with Crippen LogP contribution < -0.4 is 9.47 Å². The maximum atomic E-state index is 12.9. The van der Waals surface area contributed by atoms with Crippen LogP contribution in [0, 0.1) is 0 Å². The maximum Gasteiger partial charge on any atom is 0.254 e. The summed E-state index contributed by atoms with van der Waals surface area (Å²) in [7, 11) is 3.15. The number of piperazine rings is 1. The molecule has 0 bridgehead atoms. The van der Waals surface area contributed by atoms with Crippen LogP contribution in [0.15, 0.2) is 48.5 Å². The summed E-state index contributed by atoms with van der Waals surface area (Å²) in [6.45, 7) is 3.84. The zero-order valence-corrected chi connectivity index (χ0v) is 17.1. The first-order chi connectivity index (χ1) is 14.1. The number of benzene rings is 2. The Hall–Kier alpha value is -2.86. The first-order valence-corrected chi connectivity index (χ1v) is 9.93. The third kappa shape index (κ3) is 5.57. The number of rotatable bonds is 8. The lowest BCUT2D eigenvalue weighted by Gasteiger charge is -2.34. The van der Waals surface area contributed by atoms with E-state index in [1.54, 1.807) is 32.4 Å². The van der Waals surface area contributed by atoms with Crippen LogP contribution in [-0.2, 0) is 0 Å². The van der Waals surface area contributed by atoms with Crippen LogP contribution in [0.2, 0.25) is 0 Å². The molecule has 1 amide bonds. The Bertz CT molecular complexity index is 808. The van der Waals surface area contributed by atoms with Crippen molar-refractivity contribution in [2.24, 2.45) is 0 Å². The topological polar surface area (TPSA) is 59.1 Å². The number of Topliss-reactive ketones (excluding diaryl/α,β-unsaturated/α-hetero) is 1. The average molecular weight is 396 g/mol. The fraction of sp³-hybridized carbons (Fsp3) is 0.391. The molecular formula is C23H28N2O4. The van der Waals surface area contributed by atoms with Gasteiger partial charge in [0.2, 0.25) is 0 Å². The minimum Gasteiger partial charge on any atom is -0.497 e. The summed E-state index contributed by atoms with van der Waals surface area (Å²) in [6, 6.07) is 14.7. The number of ketones is 1. The van der Waals surface area contributed by atoms with Crippen molar-refractivity contribution >= 4 is 11.7 Å². The number of methoxy groups -OCH3 is 2. The third-order valence-corrected chi connectivity index (χ3v) is 5.23. The van der Waals surface area contributed by atoms with E-state index in [0.29, 0.717) is 36.6 Å². The summed E-state index contributed by atoms with van der Waals surface area (Å²) in [5, 5.41) is 0. The van der Waals surface area contributed by atoms with Gasteiger partial charge in [-0.3, -0.25) is 14.5 Å². The van der Waals surface area contributed by atoms with Gasteiger partial charge in [-0.1, -0.05) is 30.3 Å². The molecule has 0 saturated carbocycles. The molecule has 0 spiro atoms. The Morgan fingerprint density at radius 2 is 1.48 bits per heavy atom. The zero-order chi connectivity index (χ0) is 20.6. The van der Waals surface area contributed by atoms with E-state index in [4.69, 9.17) is 9.47 Å². The largest absolute Gasteiger partial charge is 0.497 e. The van der Waals surface area contributed by atoms with Crippen LogP contribution >= 0.6 is 0 Å². The average Bonchev–Trinajstić information content (AvgIpc) is 2.79. The fourth-order valence-electron chi connectivity index (χ4n) is 3.52. The highest BCUT2D eigenvalue weighted by Crippen LogP contribution is 2.23.